The number of amides is 1. The first-order valence-corrected chi connectivity index (χ1v) is 10.0. The first kappa shape index (κ1) is 21.3. The molecular formula is C18H21BrN4O2S2. The molecule has 2 aromatic heterocycles. The molecule has 0 fully saturated rings. The standard InChI is InChI=1S/C18H20N4O2S2.BrH/c1-4-15(23)22-18-19-11(3)16(26-18)14-10-25-17(21-14)20-12-6-8-13(9-7-12)24-5-2;/h6-10H,4-5H2,1-3H3,(H,20,21)(H,19,22,23);1H. The maximum absolute atomic E-state index is 11.5. The van der Waals surface area contributed by atoms with Gasteiger partial charge in [-0.3, -0.25) is 4.79 Å². The molecule has 1 aromatic carbocycles. The Morgan fingerprint density at radius 1 is 1.15 bits per heavy atom. The average molecular weight is 469 g/mol. The number of rotatable bonds is 7. The van der Waals surface area contributed by atoms with Crippen LogP contribution in [0.15, 0.2) is 29.6 Å². The van der Waals surface area contributed by atoms with Crippen LogP contribution in [-0.4, -0.2) is 22.5 Å². The number of carbonyl (C=O) groups excluding carboxylic acids is 1. The second-order valence-corrected chi connectivity index (χ2v) is 7.31. The Morgan fingerprint density at radius 3 is 2.56 bits per heavy atom. The summed E-state index contributed by atoms with van der Waals surface area (Å²) in [6.07, 6.45) is 0.431. The minimum absolute atomic E-state index is 0. The van der Waals surface area contributed by atoms with Crippen molar-refractivity contribution in [3.8, 4) is 16.3 Å². The summed E-state index contributed by atoms with van der Waals surface area (Å²) in [6.45, 7) is 6.35. The summed E-state index contributed by atoms with van der Waals surface area (Å²) in [5.41, 5.74) is 2.67. The summed E-state index contributed by atoms with van der Waals surface area (Å²) in [6, 6.07) is 7.78. The summed E-state index contributed by atoms with van der Waals surface area (Å²) < 4.78 is 5.45. The van der Waals surface area contributed by atoms with E-state index in [0.717, 1.165) is 32.8 Å². The number of ether oxygens (including phenoxy) is 1. The zero-order valence-electron chi connectivity index (χ0n) is 15.2. The monoisotopic (exact) mass is 468 g/mol. The van der Waals surface area contributed by atoms with Crippen LogP contribution in [0.5, 0.6) is 5.75 Å². The molecule has 0 aliphatic rings. The summed E-state index contributed by atoms with van der Waals surface area (Å²) >= 11 is 2.97. The Bertz CT molecular complexity index is 893. The molecule has 0 bridgehead atoms. The predicted molar refractivity (Wildman–Crippen MR) is 118 cm³/mol. The van der Waals surface area contributed by atoms with Gasteiger partial charge < -0.3 is 15.4 Å². The maximum atomic E-state index is 11.5. The zero-order valence-corrected chi connectivity index (χ0v) is 18.6. The van der Waals surface area contributed by atoms with E-state index in [1.807, 2.05) is 50.4 Å². The molecule has 9 heteroatoms. The SMILES string of the molecule is Br.CCOc1ccc(Nc2nc(-c3sc(NC(=O)CC)nc3C)cs2)cc1. The summed E-state index contributed by atoms with van der Waals surface area (Å²) in [7, 11) is 0. The topological polar surface area (TPSA) is 76.1 Å². The highest BCUT2D eigenvalue weighted by Crippen LogP contribution is 2.35. The summed E-state index contributed by atoms with van der Waals surface area (Å²) in [4.78, 5) is 21.6. The number of thiazole rings is 2. The van der Waals surface area contributed by atoms with Gasteiger partial charge in [0.2, 0.25) is 5.91 Å². The summed E-state index contributed by atoms with van der Waals surface area (Å²) in [5.74, 6) is 0.807. The largest absolute Gasteiger partial charge is 0.494 e. The van der Waals surface area contributed by atoms with E-state index in [2.05, 4.69) is 20.6 Å². The quantitative estimate of drug-likeness (QED) is 0.468. The first-order chi connectivity index (χ1) is 12.6. The van der Waals surface area contributed by atoms with Crippen molar-refractivity contribution in [2.24, 2.45) is 0 Å². The van der Waals surface area contributed by atoms with Gasteiger partial charge in [0.15, 0.2) is 10.3 Å². The Morgan fingerprint density at radius 2 is 1.89 bits per heavy atom. The number of nitrogens with one attached hydrogen (secondary N) is 2. The molecule has 1 amide bonds. The highest BCUT2D eigenvalue weighted by molar-refractivity contribution is 8.93. The number of anilines is 3. The molecular weight excluding hydrogens is 448 g/mol. The molecule has 144 valence electrons. The third-order valence-electron chi connectivity index (χ3n) is 3.52. The van der Waals surface area contributed by atoms with E-state index in [-0.39, 0.29) is 22.9 Å². The van der Waals surface area contributed by atoms with Crippen LogP contribution in [0, 0.1) is 6.92 Å². The van der Waals surface area contributed by atoms with Gasteiger partial charge >= 0.3 is 0 Å². The van der Waals surface area contributed by atoms with Crippen LogP contribution < -0.4 is 15.4 Å². The Hall–Kier alpha value is -1.97. The lowest BCUT2D eigenvalue weighted by molar-refractivity contribution is -0.115. The van der Waals surface area contributed by atoms with E-state index in [1.54, 1.807) is 0 Å². The van der Waals surface area contributed by atoms with Crippen LogP contribution in [0.25, 0.3) is 10.6 Å². The van der Waals surface area contributed by atoms with Gasteiger partial charge in [0.1, 0.15) is 5.75 Å². The van der Waals surface area contributed by atoms with Crippen molar-refractivity contribution in [3.63, 3.8) is 0 Å². The van der Waals surface area contributed by atoms with Gasteiger partial charge in [-0.15, -0.1) is 28.3 Å². The smallest absolute Gasteiger partial charge is 0.225 e. The van der Waals surface area contributed by atoms with Crippen LogP contribution in [0.1, 0.15) is 26.0 Å². The number of carbonyl (C=O) groups is 1. The lowest BCUT2D eigenvalue weighted by Crippen LogP contribution is -2.08. The van der Waals surface area contributed by atoms with Gasteiger partial charge in [-0.05, 0) is 38.1 Å². The molecule has 0 saturated heterocycles. The molecule has 27 heavy (non-hydrogen) atoms. The van der Waals surface area contributed by atoms with Crippen molar-refractivity contribution in [2.75, 3.05) is 17.2 Å². The molecule has 6 nitrogen and oxygen atoms in total. The van der Waals surface area contributed by atoms with Crippen LogP contribution in [0.2, 0.25) is 0 Å². The van der Waals surface area contributed by atoms with Crippen molar-refractivity contribution < 1.29 is 9.53 Å². The van der Waals surface area contributed by atoms with Gasteiger partial charge in [0, 0.05) is 17.5 Å². The predicted octanol–water partition coefficient (Wildman–Crippen LogP) is 5.64. The molecule has 2 N–H and O–H groups in total. The molecule has 0 saturated carbocycles. The van der Waals surface area contributed by atoms with E-state index in [4.69, 9.17) is 4.74 Å². The molecule has 0 atom stereocenters. The number of hydrogen-bond donors (Lipinski definition) is 2. The number of benzene rings is 1. The van der Waals surface area contributed by atoms with E-state index < -0.39 is 0 Å². The highest BCUT2D eigenvalue weighted by Gasteiger charge is 2.14. The molecule has 0 spiro atoms. The second kappa shape index (κ2) is 9.82. The Labute approximate surface area is 176 Å². The van der Waals surface area contributed by atoms with Gasteiger partial charge in [-0.1, -0.05) is 18.3 Å². The molecule has 3 aromatic rings. The van der Waals surface area contributed by atoms with Gasteiger partial charge in [-0.25, -0.2) is 9.97 Å². The van der Waals surface area contributed by atoms with Crippen LogP contribution >= 0.6 is 39.7 Å². The third kappa shape index (κ3) is 5.50. The lowest BCUT2D eigenvalue weighted by Gasteiger charge is -2.05. The molecule has 0 aliphatic carbocycles. The van der Waals surface area contributed by atoms with E-state index in [0.29, 0.717) is 18.2 Å². The number of nitrogens with zero attached hydrogens (tertiary/aromatic N) is 2. The number of halogens is 1. The van der Waals surface area contributed by atoms with Gasteiger partial charge in [0.05, 0.1) is 22.9 Å². The third-order valence-corrected chi connectivity index (χ3v) is 5.37. The molecule has 2 heterocycles. The van der Waals surface area contributed by atoms with Crippen molar-refractivity contribution >= 4 is 61.5 Å². The minimum Gasteiger partial charge on any atom is -0.494 e. The molecule has 0 aliphatic heterocycles. The zero-order chi connectivity index (χ0) is 18.5. The fourth-order valence-corrected chi connectivity index (χ4v) is 3.99. The summed E-state index contributed by atoms with van der Waals surface area (Å²) in [5, 5.41) is 9.50. The minimum atomic E-state index is -0.0403. The number of hydrogen-bond acceptors (Lipinski definition) is 7. The Balaban J connectivity index is 0.00000261. The van der Waals surface area contributed by atoms with Gasteiger partial charge in [0.25, 0.3) is 0 Å². The maximum Gasteiger partial charge on any atom is 0.225 e. The molecule has 0 radical (unpaired) electrons. The van der Waals surface area contributed by atoms with Crippen LogP contribution in [-0.2, 0) is 4.79 Å². The van der Waals surface area contributed by atoms with E-state index in [9.17, 15) is 4.79 Å². The van der Waals surface area contributed by atoms with Crippen molar-refractivity contribution in [1.29, 1.82) is 0 Å². The molecule has 0 unspecified atom stereocenters. The van der Waals surface area contributed by atoms with E-state index in [1.165, 1.54) is 22.7 Å². The fourth-order valence-electron chi connectivity index (χ4n) is 2.26. The fraction of sp³-hybridized carbons (Fsp3) is 0.278. The normalized spacial score (nSPS) is 10.2. The second-order valence-electron chi connectivity index (χ2n) is 5.46. The van der Waals surface area contributed by atoms with E-state index >= 15 is 0 Å². The first-order valence-electron chi connectivity index (χ1n) is 8.32. The van der Waals surface area contributed by atoms with Crippen LogP contribution in [0.4, 0.5) is 16.0 Å². The average Bonchev–Trinajstić information content (AvgIpc) is 3.23. The van der Waals surface area contributed by atoms with Crippen molar-refractivity contribution in [2.45, 2.75) is 27.2 Å². The lowest BCUT2D eigenvalue weighted by atomic mass is 10.3. The van der Waals surface area contributed by atoms with Crippen molar-refractivity contribution in [1.82, 2.24) is 9.97 Å². The number of aromatic nitrogens is 2. The van der Waals surface area contributed by atoms with Crippen molar-refractivity contribution in [3.05, 3.63) is 35.3 Å². The van der Waals surface area contributed by atoms with Gasteiger partial charge in [-0.2, -0.15) is 0 Å². The molecule has 3 rings (SSSR count). The number of aryl methyl sites for hydroxylation is 1. The Kier molecular flexibility index (Phi) is 7.76. The van der Waals surface area contributed by atoms with Crippen LogP contribution in [0.3, 0.4) is 0 Å². The highest BCUT2D eigenvalue weighted by atomic mass is 79.9.